The summed E-state index contributed by atoms with van der Waals surface area (Å²) in [6, 6.07) is 3.47. The van der Waals surface area contributed by atoms with Crippen LogP contribution in [0.2, 0.25) is 0 Å². The fraction of sp³-hybridized carbons (Fsp3) is 0.667. The molecule has 0 amide bonds. The first-order valence-electron chi connectivity index (χ1n) is 5.61. The van der Waals surface area contributed by atoms with E-state index in [1.807, 2.05) is 0 Å². The van der Waals surface area contributed by atoms with Crippen LogP contribution < -0.4 is 0 Å². The standard InChI is InChI=1S/C12H14N2O5/c1-4-19-8-5-12(9(15)17-2,10(16)18-3)11(8,6-13)7-14/h8H,4-5H2,1-3H3. The molecule has 7 heteroatoms. The topological polar surface area (TPSA) is 109 Å². The Balaban J connectivity index is 3.36. The molecular weight excluding hydrogens is 252 g/mol. The molecule has 1 rings (SSSR count). The Labute approximate surface area is 110 Å². The van der Waals surface area contributed by atoms with E-state index in [2.05, 4.69) is 9.47 Å². The van der Waals surface area contributed by atoms with Crippen molar-refractivity contribution in [3.05, 3.63) is 0 Å². The van der Waals surface area contributed by atoms with Gasteiger partial charge >= 0.3 is 11.9 Å². The Bertz CT molecular complexity index is 443. The molecule has 0 radical (unpaired) electrons. The number of carbonyl (C=O) groups is 2. The van der Waals surface area contributed by atoms with E-state index in [0.29, 0.717) is 0 Å². The third-order valence-corrected chi connectivity index (χ3v) is 3.44. The van der Waals surface area contributed by atoms with E-state index in [4.69, 9.17) is 4.74 Å². The molecular formula is C12H14N2O5. The predicted molar refractivity (Wildman–Crippen MR) is 60.2 cm³/mol. The summed E-state index contributed by atoms with van der Waals surface area (Å²) >= 11 is 0. The van der Waals surface area contributed by atoms with Gasteiger partial charge in [0.05, 0.1) is 32.5 Å². The summed E-state index contributed by atoms with van der Waals surface area (Å²) in [6.45, 7) is 1.95. The van der Waals surface area contributed by atoms with Gasteiger partial charge in [0, 0.05) is 13.0 Å². The van der Waals surface area contributed by atoms with Crippen LogP contribution in [-0.2, 0) is 23.8 Å². The Hall–Kier alpha value is -2.12. The van der Waals surface area contributed by atoms with Gasteiger partial charge in [-0.1, -0.05) is 0 Å². The molecule has 1 aliphatic carbocycles. The molecule has 1 atom stereocenters. The molecule has 0 N–H and O–H groups in total. The second kappa shape index (κ2) is 5.25. The Kier molecular flexibility index (Phi) is 4.13. The number of nitriles is 2. The highest BCUT2D eigenvalue weighted by Gasteiger charge is 2.78. The largest absolute Gasteiger partial charge is 0.468 e. The Morgan fingerprint density at radius 2 is 1.68 bits per heavy atom. The Morgan fingerprint density at radius 1 is 1.21 bits per heavy atom. The molecule has 0 bridgehead atoms. The molecule has 1 aliphatic rings. The van der Waals surface area contributed by atoms with Gasteiger partial charge in [-0.2, -0.15) is 10.5 Å². The van der Waals surface area contributed by atoms with E-state index in [9.17, 15) is 20.1 Å². The number of nitrogens with zero attached hydrogens (tertiary/aromatic N) is 2. The highest BCUT2D eigenvalue weighted by molar-refractivity contribution is 6.04. The highest BCUT2D eigenvalue weighted by Crippen LogP contribution is 2.59. The lowest BCUT2D eigenvalue weighted by atomic mass is 9.48. The molecule has 0 aromatic carbocycles. The number of esters is 2. The number of ether oxygens (including phenoxy) is 3. The molecule has 0 saturated heterocycles. The lowest BCUT2D eigenvalue weighted by Gasteiger charge is -2.51. The number of rotatable bonds is 4. The van der Waals surface area contributed by atoms with Crippen LogP contribution in [0.1, 0.15) is 13.3 Å². The van der Waals surface area contributed by atoms with Gasteiger partial charge in [0.2, 0.25) is 5.41 Å². The summed E-state index contributed by atoms with van der Waals surface area (Å²) in [4.78, 5) is 23.8. The second-order valence-electron chi connectivity index (χ2n) is 4.07. The van der Waals surface area contributed by atoms with Crippen molar-refractivity contribution in [3.63, 3.8) is 0 Å². The van der Waals surface area contributed by atoms with Crippen LogP contribution in [0.4, 0.5) is 0 Å². The monoisotopic (exact) mass is 266 g/mol. The maximum Gasteiger partial charge on any atom is 0.326 e. The summed E-state index contributed by atoms with van der Waals surface area (Å²) in [5.41, 5.74) is -3.87. The molecule has 0 aromatic rings. The fourth-order valence-electron chi connectivity index (χ4n) is 2.40. The van der Waals surface area contributed by atoms with Gasteiger partial charge in [0.1, 0.15) is 0 Å². The smallest absolute Gasteiger partial charge is 0.326 e. The minimum Gasteiger partial charge on any atom is -0.468 e. The average molecular weight is 266 g/mol. The maximum atomic E-state index is 11.9. The van der Waals surface area contributed by atoms with Crippen molar-refractivity contribution in [3.8, 4) is 12.1 Å². The summed E-state index contributed by atoms with van der Waals surface area (Å²) < 4.78 is 14.4. The van der Waals surface area contributed by atoms with Crippen LogP contribution in [0.15, 0.2) is 0 Å². The third kappa shape index (κ3) is 1.66. The van der Waals surface area contributed by atoms with E-state index in [0.717, 1.165) is 14.2 Å². The Morgan fingerprint density at radius 3 is 2.00 bits per heavy atom. The maximum absolute atomic E-state index is 11.9. The number of hydrogen-bond acceptors (Lipinski definition) is 7. The van der Waals surface area contributed by atoms with Crippen molar-refractivity contribution in [2.75, 3.05) is 20.8 Å². The van der Waals surface area contributed by atoms with Crippen molar-refractivity contribution in [1.82, 2.24) is 0 Å². The molecule has 102 valence electrons. The van der Waals surface area contributed by atoms with Gasteiger partial charge < -0.3 is 14.2 Å². The lowest BCUT2D eigenvalue weighted by molar-refractivity contribution is -0.209. The van der Waals surface area contributed by atoms with Crippen LogP contribution in [0.5, 0.6) is 0 Å². The molecule has 1 saturated carbocycles. The lowest BCUT2D eigenvalue weighted by Crippen LogP contribution is -2.69. The third-order valence-electron chi connectivity index (χ3n) is 3.44. The van der Waals surface area contributed by atoms with Gasteiger partial charge in [-0.25, -0.2) is 0 Å². The van der Waals surface area contributed by atoms with E-state index in [-0.39, 0.29) is 13.0 Å². The molecule has 0 aliphatic heterocycles. The quantitative estimate of drug-likeness (QED) is 0.526. The highest BCUT2D eigenvalue weighted by atomic mass is 16.5. The van der Waals surface area contributed by atoms with Gasteiger partial charge in [0.25, 0.3) is 0 Å². The average Bonchev–Trinajstić information content (AvgIpc) is 2.43. The summed E-state index contributed by atoms with van der Waals surface area (Å²) in [7, 11) is 2.17. The van der Waals surface area contributed by atoms with Gasteiger partial charge in [-0.3, -0.25) is 9.59 Å². The van der Waals surface area contributed by atoms with Crippen molar-refractivity contribution in [2.45, 2.75) is 19.4 Å². The number of carbonyl (C=O) groups excluding carboxylic acids is 2. The SMILES string of the molecule is CCOC1CC(C(=O)OC)(C(=O)OC)C1(C#N)C#N. The molecule has 0 aromatic heterocycles. The van der Waals surface area contributed by atoms with Crippen molar-refractivity contribution >= 4 is 11.9 Å². The normalized spacial score (nSPS) is 22.3. The number of methoxy groups -OCH3 is 2. The van der Waals surface area contributed by atoms with E-state index < -0.39 is 28.9 Å². The van der Waals surface area contributed by atoms with Crippen LogP contribution in [-0.4, -0.2) is 38.9 Å². The summed E-state index contributed by atoms with van der Waals surface area (Å²) in [5.74, 6) is -1.92. The minimum absolute atomic E-state index is 0.110. The molecule has 1 unspecified atom stereocenters. The zero-order valence-electron chi connectivity index (χ0n) is 10.9. The molecule has 19 heavy (non-hydrogen) atoms. The summed E-state index contributed by atoms with van der Waals surface area (Å²) in [5, 5.41) is 18.6. The molecule has 0 heterocycles. The van der Waals surface area contributed by atoms with Crippen LogP contribution in [0.3, 0.4) is 0 Å². The first kappa shape index (κ1) is 14.9. The zero-order chi connectivity index (χ0) is 14.7. The first-order valence-corrected chi connectivity index (χ1v) is 5.61. The van der Waals surface area contributed by atoms with Gasteiger partial charge in [-0.15, -0.1) is 0 Å². The summed E-state index contributed by atoms with van der Waals surface area (Å²) in [6.07, 6.45) is -0.938. The number of hydrogen-bond donors (Lipinski definition) is 0. The van der Waals surface area contributed by atoms with Crippen LogP contribution >= 0.6 is 0 Å². The minimum atomic E-state index is -1.94. The van der Waals surface area contributed by atoms with E-state index in [1.165, 1.54) is 0 Å². The second-order valence-corrected chi connectivity index (χ2v) is 4.07. The van der Waals surface area contributed by atoms with Crippen molar-refractivity contribution in [1.29, 1.82) is 10.5 Å². The van der Waals surface area contributed by atoms with Crippen LogP contribution in [0, 0.1) is 33.5 Å². The molecule has 1 fully saturated rings. The van der Waals surface area contributed by atoms with Gasteiger partial charge in [-0.05, 0) is 6.92 Å². The van der Waals surface area contributed by atoms with E-state index >= 15 is 0 Å². The molecule has 0 spiro atoms. The van der Waals surface area contributed by atoms with E-state index in [1.54, 1.807) is 19.1 Å². The van der Waals surface area contributed by atoms with Crippen LogP contribution in [0.25, 0.3) is 0 Å². The zero-order valence-corrected chi connectivity index (χ0v) is 10.9. The first-order chi connectivity index (χ1) is 9.00. The fourth-order valence-corrected chi connectivity index (χ4v) is 2.40. The predicted octanol–water partition coefficient (Wildman–Crippen LogP) is 0.161. The molecule has 7 nitrogen and oxygen atoms in total. The van der Waals surface area contributed by atoms with Crippen molar-refractivity contribution in [2.24, 2.45) is 10.8 Å². The van der Waals surface area contributed by atoms with Gasteiger partial charge in [0.15, 0.2) is 5.41 Å². The van der Waals surface area contributed by atoms with Crippen molar-refractivity contribution < 1.29 is 23.8 Å².